The minimum absolute atomic E-state index is 0. The number of allylic oxidation sites excluding steroid dienone is 2. The first kappa shape index (κ1) is 10.8. The summed E-state index contributed by atoms with van der Waals surface area (Å²) in [5.41, 5.74) is 0. The van der Waals surface area contributed by atoms with Crippen LogP contribution in [0.2, 0.25) is 0 Å². The predicted molar refractivity (Wildman–Crippen MR) is 27.1 cm³/mol. The molecule has 1 N–H and O–H groups in total. The first-order valence-electron chi connectivity index (χ1n) is 2.01. The van der Waals surface area contributed by atoms with E-state index < -0.39 is 0 Å². The molecule has 0 spiro atoms. The van der Waals surface area contributed by atoms with Crippen LogP contribution < -0.4 is 0 Å². The van der Waals surface area contributed by atoms with Crippen molar-refractivity contribution in [2.24, 2.45) is 0 Å². The van der Waals surface area contributed by atoms with Gasteiger partial charge in [-0.3, -0.25) is 4.79 Å². The molecule has 0 fully saturated rings. The van der Waals surface area contributed by atoms with Gasteiger partial charge in [0.05, 0.1) is 5.76 Å². The molecule has 0 aliphatic heterocycles. The van der Waals surface area contributed by atoms with Crippen LogP contribution in [0.15, 0.2) is 11.8 Å². The van der Waals surface area contributed by atoms with E-state index in [1.54, 1.807) is 0 Å². The smallest absolute Gasteiger partial charge is 0.155 e. The van der Waals surface area contributed by atoms with Crippen LogP contribution in [0, 0.1) is 0 Å². The maximum atomic E-state index is 10.0. The third-order valence-corrected chi connectivity index (χ3v) is 0.412. The van der Waals surface area contributed by atoms with Crippen molar-refractivity contribution in [1.82, 2.24) is 0 Å². The maximum Gasteiger partial charge on any atom is 0.155 e. The third-order valence-electron chi connectivity index (χ3n) is 0.412. The summed E-state index contributed by atoms with van der Waals surface area (Å²) in [6, 6.07) is 0. The second kappa shape index (κ2) is 5.09. The molecule has 0 rings (SSSR count). The Hall–Kier alpha value is -0.0497. The van der Waals surface area contributed by atoms with Crippen molar-refractivity contribution in [3.05, 3.63) is 11.8 Å². The Balaban J connectivity index is 0. The normalized spacial score (nSPS) is 10.0. The first-order valence-corrected chi connectivity index (χ1v) is 2.01. The van der Waals surface area contributed by atoms with E-state index in [9.17, 15) is 4.79 Å². The van der Waals surface area contributed by atoms with Crippen molar-refractivity contribution in [3.8, 4) is 0 Å². The molecule has 3 heteroatoms. The minimum atomic E-state index is -0.125. The molecular weight excluding hydrogens is 289 g/mol. The summed E-state index contributed by atoms with van der Waals surface area (Å²) < 4.78 is 0. The SMILES string of the molecule is CC(=O)/C=C(\C)O.[Au]. The van der Waals surface area contributed by atoms with Gasteiger partial charge < -0.3 is 5.11 Å². The molecule has 1 radical (unpaired) electrons. The van der Waals surface area contributed by atoms with Gasteiger partial charge in [0.2, 0.25) is 0 Å². The average Bonchev–Trinajstić information content (AvgIpc) is 1.27. The summed E-state index contributed by atoms with van der Waals surface area (Å²) >= 11 is 0. The predicted octanol–water partition coefficient (Wildman–Crippen LogP) is 1.03. The van der Waals surface area contributed by atoms with E-state index >= 15 is 0 Å². The Kier molecular flexibility index (Phi) is 6.91. The van der Waals surface area contributed by atoms with Crippen LogP contribution in [0.4, 0.5) is 0 Å². The van der Waals surface area contributed by atoms with Crippen molar-refractivity contribution in [1.29, 1.82) is 0 Å². The molecule has 2 nitrogen and oxygen atoms in total. The Bertz CT molecular complexity index is 103. The van der Waals surface area contributed by atoms with E-state index in [2.05, 4.69) is 0 Å². The van der Waals surface area contributed by atoms with Gasteiger partial charge >= 0.3 is 0 Å². The zero-order chi connectivity index (χ0) is 5.86. The fourth-order valence-electron chi connectivity index (χ4n) is 0.294. The number of hydrogen-bond donors (Lipinski definition) is 1. The zero-order valence-electron chi connectivity index (χ0n) is 4.73. The molecule has 0 amide bonds. The number of carbonyl (C=O) groups is 1. The molecule has 0 unspecified atom stereocenters. The molecule has 0 heterocycles. The second-order valence-corrected chi connectivity index (χ2v) is 1.40. The van der Waals surface area contributed by atoms with E-state index in [-0.39, 0.29) is 33.9 Å². The molecule has 0 aromatic carbocycles. The molecule has 0 saturated carbocycles. The van der Waals surface area contributed by atoms with Crippen molar-refractivity contribution >= 4 is 5.78 Å². The van der Waals surface area contributed by atoms with Gasteiger partial charge in [-0.05, 0) is 13.8 Å². The largest absolute Gasteiger partial charge is 0.512 e. The number of ketones is 1. The molecule has 0 aliphatic rings. The number of rotatable bonds is 1. The first-order chi connectivity index (χ1) is 3.13. The summed E-state index contributed by atoms with van der Waals surface area (Å²) in [6.45, 7) is 2.85. The van der Waals surface area contributed by atoms with Crippen LogP contribution in [0.1, 0.15) is 13.8 Å². The van der Waals surface area contributed by atoms with Crippen LogP contribution in [0.3, 0.4) is 0 Å². The summed E-state index contributed by atoms with van der Waals surface area (Å²) in [6.07, 6.45) is 1.17. The summed E-state index contributed by atoms with van der Waals surface area (Å²) in [7, 11) is 0. The van der Waals surface area contributed by atoms with Crippen molar-refractivity contribution in [2.45, 2.75) is 13.8 Å². The summed E-state index contributed by atoms with van der Waals surface area (Å²) in [5.74, 6) is -0.0625. The van der Waals surface area contributed by atoms with Gasteiger partial charge in [-0.1, -0.05) is 0 Å². The summed E-state index contributed by atoms with van der Waals surface area (Å²) in [4.78, 5) is 10.0. The van der Waals surface area contributed by atoms with Crippen molar-refractivity contribution in [2.75, 3.05) is 0 Å². The Morgan fingerprint density at radius 1 is 1.50 bits per heavy atom. The molecule has 0 bridgehead atoms. The van der Waals surface area contributed by atoms with Crippen LogP contribution in [0.25, 0.3) is 0 Å². The Morgan fingerprint density at radius 3 is 1.88 bits per heavy atom. The minimum Gasteiger partial charge on any atom is -0.512 e. The van der Waals surface area contributed by atoms with Crippen molar-refractivity contribution < 1.29 is 32.3 Å². The van der Waals surface area contributed by atoms with Gasteiger partial charge in [0.1, 0.15) is 0 Å². The molecule has 0 aromatic heterocycles. The van der Waals surface area contributed by atoms with Gasteiger partial charge in [-0.25, -0.2) is 0 Å². The monoisotopic (exact) mass is 297 g/mol. The number of aliphatic hydroxyl groups excluding tert-OH is 1. The molecule has 51 valence electrons. The number of hydrogen-bond acceptors (Lipinski definition) is 2. The summed E-state index contributed by atoms with van der Waals surface area (Å²) in [5, 5.41) is 8.36. The molecular formula is C5H8AuO2. The average molecular weight is 297 g/mol. The molecule has 8 heavy (non-hydrogen) atoms. The zero-order valence-corrected chi connectivity index (χ0v) is 6.90. The Labute approximate surface area is 64.1 Å². The van der Waals surface area contributed by atoms with E-state index in [4.69, 9.17) is 5.11 Å². The van der Waals surface area contributed by atoms with Crippen LogP contribution >= 0.6 is 0 Å². The topological polar surface area (TPSA) is 37.3 Å². The van der Waals surface area contributed by atoms with E-state index in [0.29, 0.717) is 0 Å². The fourth-order valence-corrected chi connectivity index (χ4v) is 0.294. The molecule has 0 aromatic rings. The maximum absolute atomic E-state index is 10.0. The standard InChI is InChI=1S/C5H8O2.Au/c1-4(6)3-5(2)7;/h3,6H,1-2H3;/b4-3+;. The van der Waals surface area contributed by atoms with Gasteiger partial charge in [0, 0.05) is 28.5 Å². The quantitative estimate of drug-likeness (QED) is 0.446. The molecule has 0 saturated heterocycles. The Morgan fingerprint density at radius 2 is 1.88 bits per heavy atom. The van der Waals surface area contributed by atoms with Crippen LogP contribution in [-0.2, 0) is 27.2 Å². The van der Waals surface area contributed by atoms with Gasteiger partial charge in [0.25, 0.3) is 0 Å². The van der Waals surface area contributed by atoms with Gasteiger partial charge in [-0.2, -0.15) is 0 Å². The third kappa shape index (κ3) is 9.34. The number of aliphatic hydroxyl groups is 1. The number of carbonyl (C=O) groups excluding carboxylic acids is 1. The van der Waals surface area contributed by atoms with Crippen molar-refractivity contribution in [3.63, 3.8) is 0 Å². The van der Waals surface area contributed by atoms with Crippen LogP contribution in [-0.4, -0.2) is 10.9 Å². The van der Waals surface area contributed by atoms with Gasteiger partial charge in [0.15, 0.2) is 5.78 Å². The fraction of sp³-hybridized carbons (Fsp3) is 0.400. The molecule has 0 atom stereocenters. The molecule has 0 aliphatic carbocycles. The van der Waals surface area contributed by atoms with E-state index in [0.717, 1.165) is 0 Å². The van der Waals surface area contributed by atoms with E-state index in [1.165, 1.54) is 19.9 Å². The van der Waals surface area contributed by atoms with Crippen LogP contribution in [0.5, 0.6) is 0 Å². The second-order valence-electron chi connectivity index (χ2n) is 1.40. The van der Waals surface area contributed by atoms with Gasteiger partial charge in [-0.15, -0.1) is 0 Å². The van der Waals surface area contributed by atoms with E-state index in [1.807, 2.05) is 0 Å².